The Kier molecular flexibility index (Phi) is 3.87. The van der Waals surface area contributed by atoms with E-state index >= 15 is 0 Å². The Hall–Kier alpha value is -2.68. The van der Waals surface area contributed by atoms with Crippen LogP contribution in [-0.2, 0) is 10.0 Å². The van der Waals surface area contributed by atoms with Crippen molar-refractivity contribution in [2.24, 2.45) is 0 Å². The molecule has 0 aliphatic carbocycles. The van der Waals surface area contributed by atoms with Crippen LogP contribution in [0.15, 0.2) is 47.8 Å². The van der Waals surface area contributed by atoms with Gasteiger partial charge in [-0.1, -0.05) is 0 Å². The van der Waals surface area contributed by atoms with Gasteiger partial charge in [0, 0.05) is 6.07 Å². The van der Waals surface area contributed by atoms with Gasteiger partial charge in [0.25, 0.3) is 10.0 Å². The number of sulfonamides is 1. The molecule has 0 amide bonds. The van der Waals surface area contributed by atoms with Crippen molar-refractivity contribution >= 4 is 21.4 Å². The molecule has 7 nitrogen and oxygen atoms in total. The summed E-state index contributed by atoms with van der Waals surface area (Å²) < 4.78 is 47.3. The lowest BCUT2D eigenvalue weighted by molar-refractivity contribution is 0.321. The predicted molar refractivity (Wildman–Crippen MR) is 81.4 cm³/mol. The molecule has 0 atom stereocenters. The lowest BCUT2D eigenvalue weighted by Crippen LogP contribution is -2.14. The summed E-state index contributed by atoms with van der Waals surface area (Å²) in [5.41, 5.74) is 0.801. The Balaban J connectivity index is 1.90. The van der Waals surface area contributed by atoms with Crippen LogP contribution in [0.1, 0.15) is 6.92 Å². The Morgan fingerprint density at radius 2 is 2.17 bits per heavy atom. The summed E-state index contributed by atoms with van der Waals surface area (Å²) in [6, 6.07) is 5.14. The molecule has 0 aliphatic heterocycles. The smallest absolute Gasteiger partial charge is 0.262 e. The number of fused-ring (bicyclic) bond motifs is 1. The van der Waals surface area contributed by atoms with Gasteiger partial charge in [0.05, 0.1) is 35.8 Å². The molecular formula is C14H13FN4O3S. The number of hydrogen-bond donors (Lipinski definition) is 1. The maximum absolute atomic E-state index is 13.8. The van der Waals surface area contributed by atoms with Crippen molar-refractivity contribution in [3.63, 3.8) is 0 Å². The van der Waals surface area contributed by atoms with Crippen LogP contribution >= 0.6 is 0 Å². The van der Waals surface area contributed by atoms with Crippen molar-refractivity contribution in [2.75, 3.05) is 11.3 Å². The zero-order chi connectivity index (χ0) is 16.4. The number of nitrogens with one attached hydrogen (secondary N) is 1. The first-order valence-corrected chi connectivity index (χ1v) is 8.22. The van der Waals surface area contributed by atoms with E-state index in [4.69, 9.17) is 4.74 Å². The first-order chi connectivity index (χ1) is 11.0. The first kappa shape index (κ1) is 15.2. The summed E-state index contributed by atoms with van der Waals surface area (Å²) in [7, 11) is -3.95. The lowest BCUT2D eigenvalue weighted by atomic mass is 10.3. The van der Waals surface area contributed by atoms with Crippen LogP contribution in [0.4, 0.5) is 10.1 Å². The highest BCUT2D eigenvalue weighted by molar-refractivity contribution is 7.92. The van der Waals surface area contributed by atoms with Gasteiger partial charge in [0.1, 0.15) is 0 Å². The zero-order valence-corrected chi connectivity index (χ0v) is 12.9. The lowest BCUT2D eigenvalue weighted by Gasteiger charge is -2.10. The zero-order valence-electron chi connectivity index (χ0n) is 12.1. The highest BCUT2D eigenvalue weighted by Crippen LogP contribution is 2.22. The molecule has 2 aromatic heterocycles. The molecule has 120 valence electrons. The molecule has 0 aliphatic rings. The summed E-state index contributed by atoms with van der Waals surface area (Å²) in [6.45, 7) is 2.00. The molecule has 23 heavy (non-hydrogen) atoms. The molecule has 2 heterocycles. The van der Waals surface area contributed by atoms with E-state index in [0.717, 1.165) is 6.07 Å². The largest absolute Gasteiger partial charge is 0.491 e. The van der Waals surface area contributed by atoms with Gasteiger partial charge >= 0.3 is 0 Å². The van der Waals surface area contributed by atoms with Gasteiger partial charge in [0.2, 0.25) is 0 Å². The van der Waals surface area contributed by atoms with Crippen LogP contribution in [0.5, 0.6) is 5.75 Å². The van der Waals surface area contributed by atoms with Crippen molar-refractivity contribution in [3.8, 4) is 5.75 Å². The molecule has 0 unspecified atom stereocenters. The summed E-state index contributed by atoms with van der Waals surface area (Å²) in [4.78, 5) is 3.85. The van der Waals surface area contributed by atoms with Crippen molar-refractivity contribution in [1.82, 2.24) is 14.6 Å². The van der Waals surface area contributed by atoms with Crippen LogP contribution in [0, 0.1) is 5.82 Å². The quantitative estimate of drug-likeness (QED) is 0.771. The normalized spacial score (nSPS) is 11.6. The molecule has 0 saturated heterocycles. The highest BCUT2D eigenvalue weighted by Gasteiger charge is 2.17. The number of hydrogen-bond acceptors (Lipinski definition) is 5. The van der Waals surface area contributed by atoms with E-state index in [-0.39, 0.29) is 22.9 Å². The number of nitrogens with zero attached hydrogens (tertiary/aromatic N) is 3. The molecule has 9 heteroatoms. The molecule has 3 rings (SSSR count). The number of aromatic nitrogens is 3. The predicted octanol–water partition coefficient (Wildman–Crippen LogP) is 2.07. The van der Waals surface area contributed by atoms with Crippen LogP contribution < -0.4 is 9.46 Å². The van der Waals surface area contributed by atoms with Gasteiger partial charge in [-0.05, 0) is 25.1 Å². The van der Waals surface area contributed by atoms with E-state index in [1.54, 1.807) is 19.2 Å². The third-order valence-electron chi connectivity index (χ3n) is 3.01. The van der Waals surface area contributed by atoms with E-state index in [0.29, 0.717) is 5.65 Å². The summed E-state index contributed by atoms with van der Waals surface area (Å²) in [6.07, 6.45) is 4.38. The first-order valence-electron chi connectivity index (χ1n) is 6.74. The summed E-state index contributed by atoms with van der Waals surface area (Å²) in [5.74, 6) is -0.735. The summed E-state index contributed by atoms with van der Waals surface area (Å²) >= 11 is 0. The maximum atomic E-state index is 13.8. The molecule has 1 aromatic carbocycles. The van der Waals surface area contributed by atoms with Crippen molar-refractivity contribution in [2.45, 2.75) is 11.8 Å². The maximum Gasteiger partial charge on any atom is 0.262 e. The number of benzene rings is 1. The van der Waals surface area contributed by atoms with E-state index < -0.39 is 15.8 Å². The monoisotopic (exact) mass is 336 g/mol. The van der Waals surface area contributed by atoms with Crippen LogP contribution in [0.2, 0.25) is 0 Å². The van der Waals surface area contributed by atoms with Crippen LogP contribution in [-0.4, -0.2) is 29.6 Å². The van der Waals surface area contributed by atoms with Gasteiger partial charge in [-0.3, -0.25) is 4.72 Å². The minimum Gasteiger partial charge on any atom is -0.491 e. The van der Waals surface area contributed by atoms with Crippen LogP contribution in [0.25, 0.3) is 5.65 Å². The van der Waals surface area contributed by atoms with E-state index in [2.05, 4.69) is 14.8 Å². The second-order valence-electron chi connectivity index (χ2n) is 4.61. The standard InChI is InChI=1S/C14H13FN4O3S/c1-2-22-13-4-3-11(7-12(13)15)23(20,21)18-10-8-16-14-5-6-17-19(14)9-10/h3-9,18H,2H2,1H3. The Labute approximate surface area is 131 Å². The fourth-order valence-electron chi connectivity index (χ4n) is 2.00. The van der Waals surface area contributed by atoms with Gasteiger partial charge < -0.3 is 4.74 Å². The third kappa shape index (κ3) is 3.09. The molecule has 0 bridgehead atoms. The van der Waals surface area contributed by atoms with Crippen molar-refractivity contribution in [3.05, 3.63) is 48.7 Å². The Morgan fingerprint density at radius 3 is 2.91 bits per heavy atom. The van der Waals surface area contributed by atoms with Gasteiger partial charge in [0.15, 0.2) is 17.2 Å². The Morgan fingerprint density at radius 1 is 1.35 bits per heavy atom. The Bertz CT molecular complexity index is 956. The second kappa shape index (κ2) is 5.84. The number of halogens is 1. The minimum absolute atomic E-state index is 0.00563. The number of anilines is 1. The molecule has 0 fully saturated rings. The molecule has 1 N–H and O–H groups in total. The molecule has 0 radical (unpaired) electrons. The van der Waals surface area contributed by atoms with Gasteiger partial charge in [-0.2, -0.15) is 5.10 Å². The average Bonchev–Trinajstić information content (AvgIpc) is 2.96. The summed E-state index contributed by atoms with van der Waals surface area (Å²) in [5, 5.41) is 3.97. The molecule has 0 spiro atoms. The second-order valence-corrected chi connectivity index (χ2v) is 6.29. The fraction of sp³-hybridized carbons (Fsp3) is 0.143. The number of ether oxygens (including phenoxy) is 1. The van der Waals surface area contributed by atoms with Gasteiger partial charge in [-0.25, -0.2) is 22.3 Å². The highest BCUT2D eigenvalue weighted by atomic mass is 32.2. The molecule has 3 aromatic rings. The van der Waals surface area contributed by atoms with Crippen molar-refractivity contribution < 1.29 is 17.5 Å². The third-order valence-corrected chi connectivity index (χ3v) is 4.39. The molecule has 0 saturated carbocycles. The van der Waals surface area contributed by atoms with E-state index in [1.807, 2.05) is 0 Å². The average molecular weight is 336 g/mol. The minimum atomic E-state index is -3.95. The molecular weight excluding hydrogens is 323 g/mol. The number of rotatable bonds is 5. The van der Waals surface area contributed by atoms with E-state index in [1.165, 1.54) is 29.0 Å². The van der Waals surface area contributed by atoms with E-state index in [9.17, 15) is 12.8 Å². The fourth-order valence-corrected chi connectivity index (χ4v) is 3.04. The SMILES string of the molecule is CCOc1ccc(S(=O)(=O)Nc2cnc3ccnn3c2)cc1F. The topological polar surface area (TPSA) is 85.6 Å². The van der Waals surface area contributed by atoms with Crippen LogP contribution in [0.3, 0.4) is 0 Å². The van der Waals surface area contributed by atoms with Crippen molar-refractivity contribution in [1.29, 1.82) is 0 Å². The van der Waals surface area contributed by atoms with Gasteiger partial charge in [-0.15, -0.1) is 0 Å².